The van der Waals surface area contributed by atoms with E-state index in [1.165, 1.54) is 0 Å². The second-order valence-corrected chi connectivity index (χ2v) is 6.85. The normalized spacial score (nSPS) is 19.9. The van der Waals surface area contributed by atoms with E-state index in [1.807, 2.05) is 0 Å². The first-order chi connectivity index (χ1) is 12.6. The highest BCUT2D eigenvalue weighted by Crippen LogP contribution is 2.33. The molecule has 2 amide bonds. The lowest BCUT2D eigenvalue weighted by Crippen LogP contribution is -2.44. The minimum atomic E-state index is -0.568. The molecule has 0 spiro atoms. The Hall–Kier alpha value is -2.12. The van der Waals surface area contributed by atoms with Crippen molar-refractivity contribution in [1.82, 2.24) is 0 Å². The summed E-state index contributed by atoms with van der Waals surface area (Å²) in [6.45, 7) is 1.96. The standard InChI is InChI=1S/C19H27N3O4/c1-25-16-6-5-14(12-15(16)22-9-3-2-4-17(22)23)21-19(24)18(20)13-7-10-26-11-8-13/h5-6,12-13,18H,2-4,7-11,20H2,1H3,(H,21,24). The summed E-state index contributed by atoms with van der Waals surface area (Å²) in [5.74, 6) is 0.618. The van der Waals surface area contributed by atoms with E-state index in [2.05, 4.69) is 5.32 Å². The molecule has 2 heterocycles. The number of amides is 2. The van der Waals surface area contributed by atoms with Crippen molar-refractivity contribution in [3.05, 3.63) is 18.2 Å². The van der Waals surface area contributed by atoms with E-state index in [9.17, 15) is 9.59 Å². The summed E-state index contributed by atoms with van der Waals surface area (Å²) in [7, 11) is 1.58. The number of hydrogen-bond donors (Lipinski definition) is 2. The summed E-state index contributed by atoms with van der Waals surface area (Å²) in [4.78, 5) is 26.5. The number of rotatable bonds is 5. The predicted molar refractivity (Wildman–Crippen MR) is 99.3 cm³/mol. The van der Waals surface area contributed by atoms with Crippen LogP contribution in [0.3, 0.4) is 0 Å². The summed E-state index contributed by atoms with van der Waals surface area (Å²) in [5.41, 5.74) is 7.45. The number of piperidine rings is 1. The first-order valence-corrected chi connectivity index (χ1v) is 9.22. The molecule has 7 heteroatoms. The largest absolute Gasteiger partial charge is 0.495 e. The third-order valence-electron chi connectivity index (χ3n) is 5.14. The lowest BCUT2D eigenvalue weighted by Gasteiger charge is -2.29. The van der Waals surface area contributed by atoms with Crippen LogP contribution in [0, 0.1) is 5.92 Å². The van der Waals surface area contributed by atoms with Crippen molar-refractivity contribution < 1.29 is 19.1 Å². The Labute approximate surface area is 153 Å². The fourth-order valence-corrected chi connectivity index (χ4v) is 3.55. The second-order valence-electron chi connectivity index (χ2n) is 6.85. The van der Waals surface area contributed by atoms with E-state index >= 15 is 0 Å². The molecule has 1 unspecified atom stereocenters. The van der Waals surface area contributed by atoms with Gasteiger partial charge in [-0.2, -0.15) is 0 Å². The van der Waals surface area contributed by atoms with E-state index in [1.54, 1.807) is 30.2 Å². The molecule has 2 aliphatic rings. The Morgan fingerprint density at radius 1 is 1.35 bits per heavy atom. The molecule has 26 heavy (non-hydrogen) atoms. The molecule has 2 saturated heterocycles. The van der Waals surface area contributed by atoms with Crippen LogP contribution >= 0.6 is 0 Å². The van der Waals surface area contributed by atoms with Gasteiger partial charge in [-0.1, -0.05) is 0 Å². The number of benzene rings is 1. The smallest absolute Gasteiger partial charge is 0.241 e. The van der Waals surface area contributed by atoms with Crippen LogP contribution in [0.15, 0.2) is 18.2 Å². The van der Waals surface area contributed by atoms with Crippen LogP contribution in [0.25, 0.3) is 0 Å². The van der Waals surface area contributed by atoms with Gasteiger partial charge in [-0.25, -0.2) is 0 Å². The topological polar surface area (TPSA) is 93.9 Å². The van der Waals surface area contributed by atoms with Gasteiger partial charge in [0, 0.05) is 31.9 Å². The third-order valence-corrected chi connectivity index (χ3v) is 5.14. The quantitative estimate of drug-likeness (QED) is 0.835. The second kappa shape index (κ2) is 8.51. The van der Waals surface area contributed by atoms with Crippen LogP contribution in [0.1, 0.15) is 32.1 Å². The zero-order chi connectivity index (χ0) is 18.5. The average molecular weight is 361 g/mol. The molecule has 0 saturated carbocycles. The Morgan fingerprint density at radius 2 is 2.12 bits per heavy atom. The molecule has 0 bridgehead atoms. The monoisotopic (exact) mass is 361 g/mol. The van der Waals surface area contributed by atoms with Crippen LogP contribution in [-0.4, -0.2) is 44.7 Å². The summed E-state index contributed by atoms with van der Waals surface area (Å²) >= 11 is 0. The van der Waals surface area contributed by atoms with Crippen molar-refractivity contribution in [3.8, 4) is 5.75 Å². The highest BCUT2D eigenvalue weighted by Gasteiger charge is 2.27. The van der Waals surface area contributed by atoms with Crippen LogP contribution < -0.4 is 20.7 Å². The molecule has 2 fully saturated rings. The molecule has 3 rings (SSSR count). The number of carbonyl (C=O) groups excluding carboxylic acids is 2. The number of nitrogens with two attached hydrogens (primary N) is 1. The molecule has 1 aromatic carbocycles. The fraction of sp³-hybridized carbons (Fsp3) is 0.579. The zero-order valence-corrected chi connectivity index (χ0v) is 15.2. The lowest BCUT2D eigenvalue weighted by atomic mass is 9.92. The number of nitrogens with one attached hydrogen (secondary N) is 1. The number of ether oxygens (including phenoxy) is 2. The summed E-state index contributed by atoms with van der Waals surface area (Å²) in [5, 5.41) is 2.89. The molecule has 0 radical (unpaired) electrons. The molecule has 0 aromatic heterocycles. The Morgan fingerprint density at radius 3 is 2.81 bits per heavy atom. The van der Waals surface area contributed by atoms with Crippen molar-refractivity contribution in [2.24, 2.45) is 11.7 Å². The summed E-state index contributed by atoms with van der Waals surface area (Å²) < 4.78 is 10.7. The first kappa shape index (κ1) is 18.7. The molecular weight excluding hydrogens is 334 g/mol. The van der Waals surface area contributed by atoms with Gasteiger partial charge in [0.1, 0.15) is 5.75 Å². The maximum atomic E-state index is 12.5. The third kappa shape index (κ3) is 4.16. The van der Waals surface area contributed by atoms with Gasteiger partial charge < -0.3 is 25.4 Å². The van der Waals surface area contributed by atoms with Gasteiger partial charge in [0.25, 0.3) is 0 Å². The number of carbonyl (C=O) groups is 2. The van der Waals surface area contributed by atoms with Crippen LogP contribution in [0.4, 0.5) is 11.4 Å². The molecule has 2 aliphatic heterocycles. The van der Waals surface area contributed by atoms with Gasteiger partial charge in [-0.3, -0.25) is 9.59 Å². The van der Waals surface area contributed by atoms with Crippen molar-refractivity contribution in [3.63, 3.8) is 0 Å². The van der Waals surface area contributed by atoms with Crippen LogP contribution in [0.2, 0.25) is 0 Å². The van der Waals surface area contributed by atoms with Gasteiger partial charge >= 0.3 is 0 Å². The van der Waals surface area contributed by atoms with Crippen molar-refractivity contribution in [2.75, 3.05) is 37.1 Å². The lowest BCUT2D eigenvalue weighted by molar-refractivity contribution is -0.120. The van der Waals surface area contributed by atoms with Crippen LogP contribution in [-0.2, 0) is 14.3 Å². The molecule has 1 atom stereocenters. The van der Waals surface area contributed by atoms with Crippen molar-refractivity contribution in [1.29, 1.82) is 0 Å². The first-order valence-electron chi connectivity index (χ1n) is 9.22. The fourth-order valence-electron chi connectivity index (χ4n) is 3.55. The zero-order valence-electron chi connectivity index (χ0n) is 15.2. The minimum absolute atomic E-state index is 0.0805. The Balaban J connectivity index is 1.74. The SMILES string of the molecule is COc1ccc(NC(=O)C(N)C2CCOCC2)cc1N1CCCCC1=O. The van der Waals surface area contributed by atoms with Gasteiger partial charge in [0.05, 0.1) is 18.8 Å². The highest BCUT2D eigenvalue weighted by atomic mass is 16.5. The van der Waals surface area contributed by atoms with E-state index in [-0.39, 0.29) is 17.7 Å². The molecule has 1 aromatic rings. The van der Waals surface area contributed by atoms with Gasteiger partial charge in [0.2, 0.25) is 11.8 Å². The van der Waals surface area contributed by atoms with E-state index in [4.69, 9.17) is 15.2 Å². The summed E-state index contributed by atoms with van der Waals surface area (Å²) in [6.07, 6.45) is 4.00. The molecule has 0 aliphatic carbocycles. The molecule has 7 nitrogen and oxygen atoms in total. The number of nitrogens with zero attached hydrogens (tertiary/aromatic N) is 1. The molecule has 142 valence electrons. The number of methoxy groups -OCH3 is 1. The van der Waals surface area contributed by atoms with Gasteiger partial charge in [0.15, 0.2) is 0 Å². The maximum Gasteiger partial charge on any atom is 0.241 e. The number of hydrogen-bond acceptors (Lipinski definition) is 5. The minimum Gasteiger partial charge on any atom is -0.495 e. The predicted octanol–water partition coefficient (Wildman–Crippen LogP) is 1.90. The van der Waals surface area contributed by atoms with Gasteiger partial charge in [-0.15, -0.1) is 0 Å². The highest BCUT2D eigenvalue weighted by molar-refractivity contribution is 5.98. The van der Waals surface area contributed by atoms with Crippen LogP contribution in [0.5, 0.6) is 5.75 Å². The van der Waals surface area contributed by atoms with Crippen molar-refractivity contribution >= 4 is 23.2 Å². The van der Waals surface area contributed by atoms with E-state index < -0.39 is 6.04 Å². The molecule has 3 N–H and O–H groups in total. The average Bonchev–Trinajstić information content (AvgIpc) is 2.68. The Bertz CT molecular complexity index is 658. The maximum absolute atomic E-state index is 12.5. The number of anilines is 2. The van der Waals surface area contributed by atoms with Crippen molar-refractivity contribution in [2.45, 2.75) is 38.1 Å². The Kier molecular flexibility index (Phi) is 6.11. The van der Waals surface area contributed by atoms with E-state index in [0.29, 0.717) is 43.3 Å². The summed E-state index contributed by atoms with van der Waals surface area (Å²) in [6, 6.07) is 4.76. The van der Waals surface area contributed by atoms with Gasteiger partial charge in [-0.05, 0) is 49.8 Å². The molecular formula is C19H27N3O4. The van der Waals surface area contributed by atoms with E-state index in [0.717, 1.165) is 25.7 Å².